The van der Waals surface area contributed by atoms with Crippen molar-refractivity contribution in [2.75, 3.05) is 0 Å². The maximum absolute atomic E-state index is 2.48. The standard InChI is InChI=1S/C18H13BS2Te/c1-2-4-16(5-3-1)19-10-17(14-6-8-20-12-14)22-18(11-19)15-7-9-21-13-15/h1-13H. The van der Waals surface area contributed by atoms with E-state index in [2.05, 4.69) is 75.9 Å². The van der Waals surface area contributed by atoms with Crippen LogP contribution in [0.5, 0.6) is 0 Å². The van der Waals surface area contributed by atoms with E-state index in [-0.39, 0.29) is 20.9 Å². The number of benzene rings is 1. The Hall–Kier alpha value is -1.05. The Morgan fingerprint density at radius 3 is 1.82 bits per heavy atom. The summed E-state index contributed by atoms with van der Waals surface area (Å²) in [5.74, 6) is 4.96. The molecule has 0 radical (unpaired) electrons. The van der Waals surface area contributed by atoms with Crippen LogP contribution in [-0.2, 0) is 0 Å². The molecule has 0 saturated carbocycles. The molecule has 0 unspecified atom stereocenters. The van der Waals surface area contributed by atoms with Crippen LogP contribution in [0.3, 0.4) is 0 Å². The fraction of sp³-hybridized carbons (Fsp3) is 0. The molecule has 0 atom stereocenters. The van der Waals surface area contributed by atoms with Crippen molar-refractivity contribution in [1.82, 2.24) is 0 Å². The van der Waals surface area contributed by atoms with Crippen LogP contribution in [0.4, 0.5) is 0 Å². The Bertz CT molecular complexity index is 752. The van der Waals surface area contributed by atoms with Crippen molar-refractivity contribution in [3.63, 3.8) is 0 Å². The van der Waals surface area contributed by atoms with Gasteiger partial charge in [0.05, 0.1) is 0 Å². The molecule has 0 nitrogen and oxygen atoms in total. The van der Waals surface area contributed by atoms with Gasteiger partial charge in [0, 0.05) is 0 Å². The predicted octanol–water partition coefficient (Wildman–Crippen LogP) is 4.39. The van der Waals surface area contributed by atoms with Gasteiger partial charge in [-0.2, -0.15) is 0 Å². The molecular formula is C18H13BS2Te. The van der Waals surface area contributed by atoms with Gasteiger partial charge < -0.3 is 0 Å². The van der Waals surface area contributed by atoms with Gasteiger partial charge in [-0.1, -0.05) is 0 Å². The second-order valence-corrected chi connectivity index (χ2v) is 9.78. The van der Waals surface area contributed by atoms with E-state index in [1.165, 1.54) is 16.6 Å². The molecule has 4 rings (SSSR count). The van der Waals surface area contributed by atoms with E-state index in [0.717, 1.165) is 0 Å². The Balaban J connectivity index is 1.77. The van der Waals surface area contributed by atoms with Crippen LogP contribution >= 0.6 is 22.7 Å². The molecule has 1 aliphatic rings. The summed E-state index contributed by atoms with van der Waals surface area (Å²) in [6.45, 7) is 0.393. The minimum absolute atomic E-state index is 0.311. The van der Waals surface area contributed by atoms with Crippen LogP contribution in [0.2, 0.25) is 0 Å². The molecule has 0 spiro atoms. The van der Waals surface area contributed by atoms with Crippen molar-refractivity contribution in [2.45, 2.75) is 0 Å². The third kappa shape index (κ3) is 3.02. The van der Waals surface area contributed by atoms with Gasteiger partial charge in [-0.05, 0) is 0 Å². The second-order valence-electron chi connectivity index (χ2n) is 5.12. The number of thiophene rings is 2. The Labute approximate surface area is 149 Å². The van der Waals surface area contributed by atoms with E-state index in [4.69, 9.17) is 0 Å². The van der Waals surface area contributed by atoms with Gasteiger partial charge in [-0.15, -0.1) is 0 Å². The van der Waals surface area contributed by atoms with Crippen LogP contribution < -0.4 is 5.46 Å². The average Bonchev–Trinajstić information content (AvgIpc) is 3.29. The molecule has 0 fully saturated rings. The van der Waals surface area contributed by atoms with Gasteiger partial charge in [-0.25, -0.2) is 0 Å². The number of hydrogen-bond acceptors (Lipinski definition) is 2. The van der Waals surface area contributed by atoms with E-state index in [0.29, 0.717) is 6.71 Å². The zero-order chi connectivity index (χ0) is 14.8. The fourth-order valence-corrected chi connectivity index (χ4v) is 7.62. The first-order valence-electron chi connectivity index (χ1n) is 7.12. The Kier molecular flexibility index (Phi) is 4.36. The summed E-state index contributed by atoms with van der Waals surface area (Å²) in [6, 6.07) is 15.4. The van der Waals surface area contributed by atoms with Gasteiger partial charge in [0.25, 0.3) is 0 Å². The summed E-state index contributed by atoms with van der Waals surface area (Å²) in [6.07, 6.45) is 0. The zero-order valence-electron chi connectivity index (χ0n) is 11.8. The molecule has 0 saturated heterocycles. The maximum atomic E-state index is 2.48. The zero-order valence-corrected chi connectivity index (χ0v) is 15.8. The average molecular weight is 432 g/mol. The van der Waals surface area contributed by atoms with Gasteiger partial charge in [0.2, 0.25) is 0 Å². The third-order valence-electron chi connectivity index (χ3n) is 3.68. The van der Waals surface area contributed by atoms with Gasteiger partial charge in [0.1, 0.15) is 0 Å². The van der Waals surface area contributed by atoms with Gasteiger partial charge >= 0.3 is 150 Å². The van der Waals surface area contributed by atoms with E-state index in [1.54, 1.807) is 29.9 Å². The molecule has 2 aromatic heterocycles. The molecule has 0 aliphatic carbocycles. The van der Waals surface area contributed by atoms with Gasteiger partial charge in [0.15, 0.2) is 0 Å². The summed E-state index contributed by atoms with van der Waals surface area (Å²) < 4.78 is 3.15. The third-order valence-corrected chi connectivity index (χ3v) is 8.42. The molecule has 4 heteroatoms. The van der Waals surface area contributed by atoms with Crippen LogP contribution in [0.25, 0.3) is 7.24 Å². The van der Waals surface area contributed by atoms with E-state index in [9.17, 15) is 0 Å². The first-order valence-corrected chi connectivity index (χ1v) is 11.3. The normalized spacial score (nSPS) is 14.6. The first kappa shape index (κ1) is 14.5. The van der Waals surface area contributed by atoms with E-state index < -0.39 is 0 Å². The van der Waals surface area contributed by atoms with E-state index in [1.807, 2.05) is 0 Å². The SMILES string of the molecule is C1=C(c2ccsc2)[Te]C(c2ccsc2)=CB1c1ccccc1. The first-order chi connectivity index (χ1) is 10.9. The summed E-state index contributed by atoms with van der Waals surface area (Å²) >= 11 is 3.27. The summed E-state index contributed by atoms with van der Waals surface area (Å²) in [5, 5.41) is 8.94. The van der Waals surface area contributed by atoms with Crippen LogP contribution in [0, 0.1) is 0 Å². The van der Waals surface area contributed by atoms with Gasteiger partial charge in [-0.3, -0.25) is 0 Å². The topological polar surface area (TPSA) is 0 Å². The predicted molar refractivity (Wildman–Crippen MR) is 102 cm³/mol. The van der Waals surface area contributed by atoms with E-state index >= 15 is 0 Å². The molecule has 1 aliphatic heterocycles. The molecule has 0 amide bonds. The van der Waals surface area contributed by atoms with Crippen molar-refractivity contribution in [3.05, 3.63) is 87.1 Å². The molecule has 3 aromatic rings. The summed E-state index contributed by atoms with van der Waals surface area (Å²) in [7, 11) is 0. The molecular weight excluding hydrogens is 419 g/mol. The van der Waals surface area contributed by atoms with Crippen molar-refractivity contribution in [3.8, 4) is 0 Å². The van der Waals surface area contributed by atoms with Crippen molar-refractivity contribution in [2.24, 2.45) is 0 Å². The Morgan fingerprint density at radius 1 is 0.727 bits per heavy atom. The monoisotopic (exact) mass is 434 g/mol. The quantitative estimate of drug-likeness (QED) is 0.540. The van der Waals surface area contributed by atoms with Crippen LogP contribution in [0.1, 0.15) is 11.1 Å². The van der Waals surface area contributed by atoms with Crippen molar-refractivity contribution < 1.29 is 0 Å². The molecule has 0 N–H and O–H groups in total. The number of hydrogen-bond donors (Lipinski definition) is 0. The number of rotatable bonds is 3. The van der Waals surface area contributed by atoms with Crippen molar-refractivity contribution in [1.29, 1.82) is 0 Å². The molecule has 0 bridgehead atoms. The summed E-state index contributed by atoms with van der Waals surface area (Å²) in [4.78, 5) is 0. The second kappa shape index (κ2) is 6.60. The minimum atomic E-state index is -0.311. The van der Waals surface area contributed by atoms with Crippen LogP contribution in [0.15, 0.2) is 75.9 Å². The Morgan fingerprint density at radius 2 is 1.32 bits per heavy atom. The molecule has 1 aromatic carbocycles. The fourth-order valence-electron chi connectivity index (χ4n) is 2.55. The van der Waals surface area contributed by atoms with Crippen LogP contribution in [-0.4, -0.2) is 27.6 Å². The molecule has 3 heterocycles. The molecule has 22 heavy (non-hydrogen) atoms. The molecule has 106 valence electrons. The summed E-state index contributed by atoms with van der Waals surface area (Å²) in [5.41, 5.74) is 4.23. The van der Waals surface area contributed by atoms with Crippen molar-refractivity contribution >= 4 is 63.0 Å².